The molecule has 24 nitrogen and oxygen atoms in total. The fraction of sp³-hybridized carbons (Fsp3) is 0.619. The summed E-state index contributed by atoms with van der Waals surface area (Å²) in [7, 11) is 0. The number of anilines is 1. The number of hydrogen-bond acceptors (Lipinski definition) is 16. The van der Waals surface area contributed by atoms with Gasteiger partial charge in [0, 0.05) is 35.7 Å². The lowest BCUT2D eigenvalue weighted by atomic mass is 10.0. The van der Waals surface area contributed by atoms with E-state index >= 15 is 0 Å². The summed E-state index contributed by atoms with van der Waals surface area (Å²) in [5.41, 5.74) is 28.5. The average Bonchev–Trinajstić information content (AvgIpc) is 3.31. The highest BCUT2D eigenvalue weighted by Gasteiger charge is 2.32. The number of benzene rings is 1. The molecule has 1 aromatic carbocycles. The van der Waals surface area contributed by atoms with Gasteiger partial charge in [0.05, 0.1) is 19.1 Å². The van der Waals surface area contributed by atoms with Gasteiger partial charge in [-0.05, 0) is 115 Å². The number of nitrogens with one attached hydrogen (secondary N) is 7. The average molecular weight is 998 g/mol. The van der Waals surface area contributed by atoms with Crippen LogP contribution in [0.5, 0.6) is 0 Å². The molecule has 6 atom stereocenters. The molecule has 0 aliphatic rings. The molecule has 0 radical (unpaired) electrons. The lowest BCUT2D eigenvalue weighted by Crippen LogP contribution is -2.58. The Labute approximate surface area is 407 Å². The molecule has 0 spiro atoms. The van der Waals surface area contributed by atoms with Crippen molar-refractivity contribution >= 4 is 90.1 Å². The minimum Gasteiger partial charge on any atom is -0.481 e. The maximum atomic E-state index is 13.6. The van der Waals surface area contributed by atoms with E-state index in [0.717, 1.165) is 0 Å². The van der Waals surface area contributed by atoms with Crippen molar-refractivity contribution in [1.82, 2.24) is 37.2 Å². The summed E-state index contributed by atoms with van der Waals surface area (Å²) in [5, 5.41) is 26.8. The van der Waals surface area contributed by atoms with Gasteiger partial charge in [-0.25, -0.2) is 0 Å². The van der Waals surface area contributed by atoms with Gasteiger partial charge in [-0.15, -0.1) is 0 Å². The molecule has 68 heavy (non-hydrogen) atoms. The van der Waals surface area contributed by atoms with Gasteiger partial charge in [0.2, 0.25) is 47.3 Å². The molecule has 9 amide bonds. The molecule has 0 aliphatic heterocycles. The van der Waals surface area contributed by atoms with Crippen molar-refractivity contribution in [2.24, 2.45) is 28.7 Å². The second kappa shape index (κ2) is 33.9. The lowest BCUT2D eigenvalue weighted by Gasteiger charge is -2.26. The van der Waals surface area contributed by atoms with Crippen LogP contribution >= 0.6 is 25.3 Å². The molecule has 0 heterocycles. The smallest absolute Gasteiger partial charge is 0.303 e. The highest BCUT2D eigenvalue weighted by molar-refractivity contribution is 7.80. The quantitative estimate of drug-likeness (QED) is 0.0229. The molecule has 382 valence electrons. The summed E-state index contributed by atoms with van der Waals surface area (Å²) in [6, 6.07) is -1.13. The highest BCUT2D eigenvalue weighted by atomic mass is 32.1. The minimum absolute atomic E-state index is 0.0148. The lowest BCUT2D eigenvalue weighted by molar-refractivity contribution is -0.138. The predicted octanol–water partition coefficient (Wildman–Crippen LogP) is -3.77. The SMILES string of the molecule is C[C@H](NC(=O)[C@H](CCCCN)NC(=O)[C@H](CCC(=O)O)NC(=O)[C@H](CCCCN)NC(=O)[C@@H](N)CS)C(=O)NCC(=O)NCC(=O)N(CCS)c1ccc(C(=O)N[C@@H](CCCCN)C(N)=O)cc1. The van der Waals surface area contributed by atoms with E-state index < -0.39 is 115 Å². The third kappa shape index (κ3) is 23.5. The normalized spacial score (nSPS) is 13.5. The van der Waals surface area contributed by atoms with Gasteiger partial charge in [0.1, 0.15) is 30.2 Å². The van der Waals surface area contributed by atoms with Crippen LogP contribution in [0.25, 0.3) is 0 Å². The number of carbonyl (C=O) groups is 10. The van der Waals surface area contributed by atoms with Crippen molar-refractivity contribution in [1.29, 1.82) is 0 Å². The summed E-state index contributed by atoms with van der Waals surface area (Å²) in [4.78, 5) is 130. The molecule has 18 N–H and O–H groups in total. The number of carbonyl (C=O) groups excluding carboxylic acids is 9. The van der Waals surface area contributed by atoms with Gasteiger partial charge in [-0.3, -0.25) is 47.9 Å². The van der Waals surface area contributed by atoms with Gasteiger partial charge in [-0.1, -0.05) is 0 Å². The van der Waals surface area contributed by atoms with Crippen LogP contribution in [0.2, 0.25) is 0 Å². The van der Waals surface area contributed by atoms with Crippen molar-refractivity contribution < 1.29 is 53.1 Å². The van der Waals surface area contributed by atoms with E-state index in [0.29, 0.717) is 63.7 Å². The Bertz CT molecular complexity index is 1830. The number of nitrogens with two attached hydrogens (primary N) is 5. The van der Waals surface area contributed by atoms with Crippen LogP contribution in [0.3, 0.4) is 0 Å². The highest BCUT2D eigenvalue weighted by Crippen LogP contribution is 2.17. The summed E-state index contributed by atoms with van der Waals surface area (Å²) < 4.78 is 0. The molecule has 1 aromatic rings. The number of unbranched alkanes of at least 4 members (excludes halogenated alkanes) is 3. The summed E-state index contributed by atoms with van der Waals surface area (Å²) in [5.74, 6) is -7.54. The first-order chi connectivity index (χ1) is 32.3. The van der Waals surface area contributed by atoms with Crippen molar-refractivity contribution in [3.8, 4) is 0 Å². The first-order valence-corrected chi connectivity index (χ1v) is 23.7. The van der Waals surface area contributed by atoms with Crippen molar-refractivity contribution in [3.63, 3.8) is 0 Å². The van der Waals surface area contributed by atoms with Gasteiger partial charge in [0.15, 0.2) is 0 Å². The monoisotopic (exact) mass is 997 g/mol. The molecule has 0 saturated carbocycles. The largest absolute Gasteiger partial charge is 0.481 e. The number of aliphatic carboxylic acids is 1. The van der Waals surface area contributed by atoms with E-state index in [1.807, 2.05) is 0 Å². The van der Waals surface area contributed by atoms with E-state index in [2.05, 4.69) is 62.5 Å². The summed E-state index contributed by atoms with van der Waals surface area (Å²) >= 11 is 8.23. The van der Waals surface area contributed by atoms with E-state index in [4.69, 9.17) is 28.7 Å². The molecule has 26 heteroatoms. The first-order valence-electron chi connectivity index (χ1n) is 22.4. The number of primary amides is 1. The second-order valence-electron chi connectivity index (χ2n) is 15.7. The maximum absolute atomic E-state index is 13.6. The zero-order chi connectivity index (χ0) is 51.2. The third-order valence-electron chi connectivity index (χ3n) is 10.2. The summed E-state index contributed by atoms with van der Waals surface area (Å²) in [6.45, 7) is 1.40. The Balaban J connectivity index is 2.96. The molecule has 0 unspecified atom stereocenters. The number of thiol groups is 2. The first kappa shape index (κ1) is 60.5. The molecular weight excluding hydrogens is 927 g/mol. The number of amides is 9. The van der Waals surface area contributed by atoms with Crippen molar-refractivity contribution in [2.75, 3.05) is 55.7 Å². The van der Waals surface area contributed by atoms with E-state index in [1.54, 1.807) is 0 Å². The topological polar surface area (TPSA) is 408 Å². The van der Waals surface area contributed by atoms with Crippen LogP contribution in [0.1, 0.15) is 87.9 Å². The molecule has 0 bridgehead atoms. The Morgan fingerprint density at radius 3 is 1.57 bits per heavy atom. The van der Waals surface area contributed by atoms with Crippen LogP contribution in [0.15, 0.2) is 24.3 Å². The van der Waals surface area contributed by atoms with Gasteiger partial charge >= 0.3 is 5.97 Å². The number of carboxylic acids is 1. The Morgan fingerprint density at radius 1 is 0.618 bits per heavy atom. The third-order valence-corrected chi connectivity index (χ3v) is 10.8. The number of hydrogen-bond donors (Lipinski definition) is 15. The molecule has 0 aliphatic carbocycles. The molecule has 0 aromatic heterocycles. The number of carboxylic acid groups (broad SMARTS) is 1. The zero-order valence-electron chi connectivity index (χ0n) is 38.5. The number of nitrogens with zero attached hydrogens (tertiary/aromatic N) is 1. The van der Waals surface area contributed by atoms with Crippen LogP contribution in [0.4, 0.5) is 5.69 Å². The van der Waals surface area contributed by atoms with Crippen LogP contribution in [-0.2, 0) is 43.2 Å². The fourth-order valence-electron chi connectivity index (χ4n) is 6.31. The van der Waals surface area contributed by atoms with Crippen LogP contribution in [-0.4, -0.2) is 151 Å². The van der Waals surface area contributed by atoms with Gasteiger partial charge in [0.25, 0.3) is 5.91 Å². The standard InChI is InChI=1S/C42H71N13O11S2/c1-25(37(61)49-22-33(56)48-23-34(57)55(20-21-67)27-13-11-26(12-14-27)38(62)51-29(36(47)60)8-2-5-17-43)50-40(64)30(9-3-6-18-44)53-42(66)32(15-16-35(58)59)54-41(65)31(10-4-7-19-45)52-39(63)28(46)24-68/h11-14,25,28-32,67-68H,2-10,15-24,43-46H2,1H3,(H2,47,60)(H,48,56)(H,49,61)(H,50,64)(H,51,62)(H,52,63)(H,53,66)(H,54,65)(H,58,59)/t25-,28-,29-,30-,31-,32-/m0/s1. The molecule has 1 rings (SSSR count). The zero-order valence-corrected chi connectivity index (χ0v) is 40.3. The maximum Gasteiger partial charge on any atom is 0.303 e. The Hall–Kier alpha value is -5.54. The van der Waals surface area contributed by atoms with E-state index in [-0.39, 0.29) is 49.4 Å². The summed E-state index contributed by atoms with van der Waals surface area (Å²) in [6.07, 6.45) is 2.56. The Morgan fingerprint density at radius 2 is 1.10 bits per heavy atom. The van der Waals surface area contributed by atoms with E-state index in [9.17, 15) is 53.1 Å². The second-order valence-corrected chi connectivity index (χ2v) is 16.5. The van der Waals surface area contributed by atoms with Crippen molar-refractivity contribution in [3.05, 3.63) is 29.8 Å². The van der Waals surface area contributed by atoms with Gasteiger partial charge < -0.3 is 75.9 Å². The Kier molecular flexibility index (Phi) is 30.1. The van der Waals surface area contributed by atoms with Crippen molar-refractivity contribution in [2.45, 2.75) is 114 Å². The molecule has 0 saturated heterocycles. The van der Waals surface area contributed by atoms with Crippen LogP contribution in [0, 0.1) is 0 Å². The minimum atomic E-state index is -1.47. The van der Waals surface area contributed by atoms with E-state index in [1.165, 1.54) is 36.1 Å². The molecule has 0 fully saturated rings. The van der Waals surface area contributed by atoms with Gasteiger partial charge in [-0.2, -0.15) is 25.3 Å². The fourth-order valence-corrected chi connectivity index (χ4v) is 6.67. The molecular formula is C42H71N13O11S2. The number of rotatable bonds is 35. The predicted molar refractivity (Wildman–Crippen MR) is 260 cm³/mol. The van der Waals surface area contributed by atoms with Crippen LogP contribution < -0.4 is 70.8 Å².